The molecule has 0 N–H and O–H groups in total. The molecule has 0 radical (unpaired) electrons. The van der Waals surface area contributed by atoms with E-state index in [1.165, 1.54) is 11.8 Å². The molecule has 0 aliphatic rings. The van der Waals surface area contributed by atoms with Gasteiger partial charge < -0.3 is 4.90 Å². The fourth-order valence-electron chi connectivity index (χ4n) is 1.08. The van der Waals surface area contributed by atoms with Gasteiger partial charge in [0.05, 0.1) is 0 Å². The minimum atomic E-state index is -0.0476. The number of hydrogen-bond donors (Lipinski definition) is 0. The molecule has 72 valence electrons. The van der Waals surface area contributed by atoms with Gasteiger partial charge in [-0.05, 0) is 33.4 Å². The average Bonchev–Trinajstić information content (AvgIpc) is 1.85. The second kappa shape index (κ2) is 4.75. The first-order valence-electron chi connectivity index (χ1n) is 4.37. The zero-order chi connectivity index (χ0) is 9.78. The van der Waals surface area contributed by atoms with E-state index in [2.05, 4.69) is 20.8 Å². The first-order valence-corrected chi connectivity index (χ1v) is 5.36. The highest BCUT2D eigenvalue weighted by Crippen LogP contribution is 2.18. The van der Waals surface area contributed by atoms with Gasteiger partial charge in [0.25, 0.3) is 5.24 Å². The van der Waals surface area contributed by atoms with Crippen molar-refractivity contribution in [3.05, 3.63) is 0 Å². The van der Waals surface area contributed by atoms with Crippen LogP contribution in [0.5, 0.6) is 0 Å². The first kappa shape index (κ1) is 11.8. The molecule has 3 heteroatoms. The number of hydrogen-bond acceptors (Lipinski definition) is 2. The molecule has 0 heterocycles. The van der Waals surface area contributed by atoms with Gasteiger partial charge in [-0.3, -0.25) is 4.79 Å². The van der Waals surface area contributed by atoms with Crippen LogP contribution in [0.4, 0.5) is 4.79 Å². The summed E-state index contributed by atoms with van der Waals surface area (Å²) in [6.07, 6.45) is 0. The van der Waals surface area contributed by atoms with Crippen LogP contribution in [0.2, 0.25) is 0 Å². The van der Waals surface area contributed by atoms with Gasteiger partial charge in [-0.1, -0.05) is 18.7 Å². The normalized spacial score (nSPS) is 11.4. The monoisotopic (exact) mass is 189 g/mol. The molecule has 0 fully saturated rings. The Bertz CT molecular complexity index is 151. The van der Waals surface area contributed by atoms with Crippen molar-refractivity contribution < 1.29 is 4.79 Å². The quantitative estimate of drug-likeness (QED) is 0.665. The van der Waals surface area contributed by atoms with E-state index in [0.29, 0.717) is 0 Å². The molecule has 0 aliphatic heterocycles. The summed E-state index contributed by atoms with van der Waals surface area (Å²) in [5.41, 5.74) is -0.0476. The third-order valence-corrected chi connectivity index (χ3v) is 2.37. The lowest BCUT2D eigenvalue weighted by atomic mass is 10.1. The zero-order valence-electron chi connectivity index (χ0n) is 8.68. The largest absolute Gasteiger partial charge is 0.329 e. The fourth-order valence-corrected chi connectivity index (χ4v) is 1.88. The molecular formula is C9H19NOS. The van der Waals surface area contributed by atoms with Crippen molar-refractivity contribution in [2.75, 3.05) is 12.3 Å². The van der Waals surface area contributed by atoms with E-state index in [4.69, 9.17) is 0 Å². The van der Waals surface area contributed by atoms with Crippen molar-refractivity contribution in [3.63, 3.8) is 0 Å². The third kappa shape index (κ3) is 3.48. The Morgan fingerprint density at radius 2 is 1.83 bits per heavy atom. The molecule has 0 aromatic rings. The van der Waals surface area contributed by atoms with Gasteiger partial charge in [0.15, 0.2) is 0 Å². The van der Waals surface area contributed by atoms with Crippen molar-refractivity contribution in [3.8, 4) is 0 Å². The first-order chi connectivity index (χ1) is 5.43. The van der Waals surface area contributed by atoms with Gasteiger partial charge in [-0.25, -0.2) is 0 Å². The molecule has 0 saturated carbocycles. The number of carbonyl (C=O) groups is 1. The molecule has 0 atom stereocenters. The molecule has 0 bridgehead atoms. The lowest BCUT2D eigenvalue weighted by Gasteiger charge is -2.34. The Balaban J connectivity index is 4.25. The number of carbonyl (C=O) groups excluding carboxylic acids is 1. The van der Waals surface area contributed by atoms with Gasteiger partial charge in [0.2, 0.25) is 0 Å². The standard InChI is InChI=1S/C9H19NOS/c1-6-10(9(3,4)5)8(11)12-7-2/h6-7H2,1-5H3. The average molecular weight is 189 g/mol. The topological polar surface area (TPSA) is 20.3 Å². The number of nitrogens with zero attached hydrogens (tertiary/aromatic N) is 1. The Morgan fingerprint density at radius 3 is 2.08 bits per heavy atom. The van der Waals surface area contributed by atoms with Crippen molar-refractivity contribution in [2.45, 2.75) is 40.2 Å². The molecule has 1 amide bonds. The maximum atomic E-state index is 11.5. The fraction of sp³-hybridized carbons (Fsp3) is 0.889. The summed E-state index contributed by atoms with van der Waals surface area (Å²) in [5, 5.41) is 0.188. The van der Waals surface area contributed by atoms with Crippen LogP contribution in [-0.2, 0) is 0 Å². The van der Waals surface area contributed by atoms with Crippen molar-refractivity contribution >= 4 is 17.0 Å². The van der Waals surface area contributed by atoms with E-state index >= 15 is 0 Å². The molecule has 0 spiro atoms. The van der Waals surface area contributed by atoms with Crippen LogP contribution >= 0.6 is 11.8 Å². The van der Waals surface area contributed by atoms with E-state index in [1.54, 1.807) is 0 Å². The maximum Gasteiger partial charge on any atom is 0.282 e. The number of amides is 1. The molecular weight excluding hydrogens is 170 g/mol. The summed E-state index contributed by atoms with van der Waals surface area (Å²) >= 11 is 1.38. The smallest absolute Gasteiger partial charge is 0.282 e. The summed E-state index contributed by atoms with van der Waals surface area (Å²) in [4.78, 5) is 13.4. The van der Waals surface area contributed by atoms with Crippen LogP contribution in [0.1, 0.15) is 34.6 Å². The Hall–Kier alpha value is -0.180. The second-order valence-electron chi connectivity index (χ2n) is 3.61. The van der Waals surface area contributed by atoms with Crippen LogP contribution in [0.3, 0.4) is 0 Å². The van der Waals surface area contributed by atoms with Crippen molar-refractivity contribution in [1.82, 2.24) is 4.90 Å². The van der Waals surface area contributed by atoms with Crippen LogP contribution in [0.15, 0.2) is 0 Å². The molecule has 0 rings (SSSR count). The Morgan fingerprint density at radius 1 is 1.33 bits per heavy atom. The highest BCUT2D eigenvalue weighted by Gasteiger charge is 2.24. The molecule has 0 aromatic carbocycles. The molecule has 12 heavy (non-hydrogen) atoms. The van der Waals surface area contributed by atoms with Gasteiger partial charge >= 0.3 is 0 Å². The second-order valence-corrected chi connectivity index (χ2v) is 4.83. The van der Waals surface area contributed by atoms with Crippen LogP contribution in [-0.4, -0.2) is 28.0 Å². The van der Waals surface area contributed by atoms with Gasteiger partial charge in [0, 0.05) is 12.1 Å². The van der Waals surface area contributed by atoms with Crippen LogP contribution in [0.25, 0.3) is 0 Å². The highest BCUT2D eigenvalue weighted by molar-refractivity contribution is 8.13. The van der Waals surface area contributed by atoms with Crippen LogP contribution in [0, 0.1) is 0 Å². The zero-order valence-corrected chi connectivity index (χ0v) is 9.49. The van der Waals surface area contributed by atoms with Gasteiger partial charge in [-0.2, -0.15) is 0 Å². The SMILES string of the molecule is CCSC(=O)N(CC)C(C)(C)C. The van der Waals surface area contributed by atoms with Crippen molar-refractivity contribution in [1.29, 1.82) is 0 Å². The predicted octanol–water partition coefficient (Wildman–Crippen LogP) is 2.98. The third-order valence-electron chi connectivity index (χ3n) is 1.61. The summed E-state index contributed by atoms with van der Waals surface area (Å²) in [6, 6.07) is 0. The van der Waals surface area contributed by atoms with E-state index in [9.17, 15) is 4.79 Å². The Labute approximate surface area is 79.7 Å². The van der Waals surface area contributed by atoms with Crippen LogP contribution < -0.4 is 0 Å². The summed E-state index contributed by atoms with van der Waals surface area (Å²) in [5.74, 6) is 0.853. The molecule has 0 unspecified atom stereocenters. The van der Waals surface area contributed by atoms with E-state index in [1.807, 2.05) is 18.7 Å². The van der Waals surface area contributed by atoms with E-state index in [0.717, 1.165) is 12.3 Å². The Kier molecular flexibility index (Phi) is 4.68. The predicted molar refractivity (Wildman–Crippen MR) is 55.7 cm³/mol. The summed E-state index contributed by atoms with van der Waals surface area (Å²) in [7, 11) is 0. The van der Waals surface area contributed by atoms with E-state index in [-0.39, 0.29) is 10.8 Å². The van der Waals surface area contributed by atoms with E-state index < -0.39 is 0 Å². The lowest BCUT2D eigenvalue weighted by molar-refractivity contribution is 0.173. The molecule has 0 aromatic heterocycles. The summed E-state index contributed by atoms with van der Waals surface area (Å²) in [6.45, 7) is 11.0. The maximum absolute atomic E-state index is 11.5. The minimum Gasteiger partial charge on any atom is -0.329 e. The van der Waals surface area contributed by atoms with Gasteiger partial charge in [0.1, 0.15) is 0 Å². The van der Waals surface area contributed by atoms with Crippen molar-refractivity contribution in [2.24, 2.45) is 0 Å². The van der Waals surface area contributed by atoms with Gasteiger partial charge in [-0.15, -0.1) is 0 Å². The summed E-state index contributed by atoms with van der Waals surface area (Å²) < 4.78 is 0. The number of rotatable bonds is 2. The lowest BCUT2D eigenvalue weighted by Crippen LogP contribution is -2.43. The molecule has 0 aliphatic carbocycles. The molecule has 0 saturated heterocycles. The molecule has 2 nitrogen and oxygen atoms in total. The minimum absolute atomic E-state index is 0.0476. The number of thioether (sulfide) groups is 1. The highest BCUT2D eigenvalue weighted by atomic mass is 32.2.